The van der Waals surface area contributed by atoms with Crippen LogP contribution in [0.4, 0.5) is 0 Å². The van der Waals surface area contributed by atoms with E-state index < -0.39 is 0 Å². The number of hydrogen-bond acceptors (Lipinski definition) is 0. The molecule has 0 bridgehead atoms. The first-order valence-electron chi connectivity index (χ1n) is 18.1. The number of hydrogen-bond donors (Lipinski definition) is 0. The van der Waals surface area contributed by atoms with Crippen molar-refractivity contribution >= 4 is 49.2 Å². The zero-order chi connectivity index (χ0) is 35.2. The molecule has 0 unspecified atom stereocenters. The van der Waals surface area contributed by atoms with Gasteiger partial charge in [-0.15, -0.1) is 6.42 Å². The Morgan fingerprint density at radius 2 is 0.942 bits per heavy atom. The molecule has 2 aromatic heterocycles. The van der Waals surface area contributed by atoms with E-state index in [-0.39, 0.29) is 0 Å². The predicted molar refractivity (Wildman–Crippen MR) is 222 cm³/mol. The molecule has 0 aliphatic rings. The minimum Gasteiger partial charge on any atom is -0.309 e. The summed E-state index contributed by atoms with van der Waals surface area (Å²) in [6, 6.07) is 59.6. The zero-order valence-corrected chi connectivity index (χ0v) is 29.4. The lowest BCUT2D eigenvalue weighted by molar-refractivity contribution is 0.673. The number of para-hydroxylation sites is 2. The van der Waals surface area contributed by atoms with E-state index in [0.29, 0.717) is 5.92 Å². The Balaban J connectivity index is 1.13. The maximum absolute atomic E-state index is 5.69. The smallest absolute Gasteiger partial charge is 0.0541 e. The summed E-state index contributed by atoms with van der Waals surface area (Å²) in [4.78, 5) is 0. The molecule has 9 aromatic rings. The van der Waals surface area contributed by atoms with Crippen LogP contribution >= 0.6 is 0 Å². The molecule has 7 aromatic carbocycles. The second-order valence-electron chi connectivity index (χ2n) is 14.1. The molecule has 0 spiro atoms. The molecule has 2 heterocycles. The maximum atomic E-state index is 5.69. The van der Waals surface area contributed by atoms with Crippen molar-refractivity contribution in [2.45, 2.75) is 20.3 Å². The van der Waals surface area contributed by atoms with Gasteiger partial charge < -0.3 is 9.13 Å². The van der Waals surface area contributed by atoms with E-state index in [1.165, 1.54) is 77.0 Å². The molecule has 0 radical (unpaired) electrons. The number of terminal acetylenes is 1. The molecular formula is C50H38N2. The summed E-state index contributed by atoms with van der Waals surface area (Å²) >= 11 is 0. The van der Waals surface area contributed by atoms with Crippen LogP contribution in [-0.2, 0) is 0 Å². The molecule has 2 nitrogen and oxygen atoms in total. The number of aromatic nitrogens is 2. The first kappa shape index (κ1) is 31.4. The van der Waals surface area contributed by atoms with E-state index in [1.807, 2.05) is 6.08 Å². The van der Waals surface area contributed by atoms with Crippen LogP contribution in [0.2, 0.25) is 0 Å². The van der Waals surface area contributed by atoms with Crippen molar-refractivity contribution < 1.29 is 0 Å². The Hall–Kier alpha value is -6.56. The quantitative estimate of drug-likeness (QED) is 0.150. The minimum absolute atomic E-state index is 0.530. The minimum atomic E-state index is 0.530. The highest BCUT2D eigenvalue weighted by atomic mass is 15.0. The number of fused-ring (bicyclic) bond motifs is 6. The second kappa shape index (κ2) is 13.0. The molecule has 0 fully saturated rings. The third-order valence-corrected chi connectivity index (χ3v) is 10.3. The van der Waals surface area contributed by atoms with Gasteiger partial charge in [0.25, 0.3) is 0 Å². The first-order chi connectivity index (χ1) is 25.6. The van der Waals surface area contributed by atoms with E-state index in [9.17, 15) is 0 Å². The van der Waals surface area contributed by atoms with Crippen molar-refractivity contribution in [3.05, 3.63) is 175 Å². The molecule has 0 amide bonds. The molecule has 0 aliphatic heterocycles. The van der Waals surface area contributed by atoms with Gasteiger partial charge in [-0.05, 0) is 112 Å². The summed E-state index contributed by atoms with van der Waals surface area (Å²) in [5.41, 5.74) is 14.3. The monoisotopic (exact) mass is 666 g/mol. The average molecular weight is 667 g/mol. The Bertz CT molecular complexity index is 2820. The van der Waals surface area contributed by atoms with Crippen molar-refractivity contribution in [1.82, 2.24) is 9.13 Å². The van der Waals surface area contributed by atoms with Gasteiger partial charge in [-0.1, -0.05) is 123 Å². The molecular weight excluding hydrogens is 629 g/mol. The molecule has 0 saturated carbocycles. The first-order valence-corrected chi connectivity index (χ1v) is 18.1. The fraction of sp³-hybridized carbons (Fsp3) is 0.0800. The molecule has 9 rings (SSSR count). The van der Waals surface area contributed by atoms with Crippen LogP contribution in [0.5, 0.6) is 0 Å². The van der Waals surface area contributed by atoms with Gasteiger partial charge in [-0.2, -0.15) is 0 Å². The van der Waals surface area contributed by atoms with Gasteiger partial charge in [0.1, 0.15) is 0 Å². The molecule has 2 heteroatoms. The van der Waals surface area contributed by atoms with Crippen molar-refractivity contribution in [3.8, 4) is 46.0 Å². The predicted octanol–water partition coefficient (Wildman–Crippen LogP) is 13.3. The fourth-order valence-electron chi connectivity index (χ4n) is 7.92. The SMILES string of the molecule is C#C/C=C(\CC(C)C)c1ccc(-n2c3ccccc3c3cc(-c4ccc5c(c4)c4ccccc4n5-c4ccc(-c5ccccc5)cc4)ccc32)cc1. The van der Waals surface area contributed by atoms with Gasteiger partial charge in [0.05, 0.1) is 22.1 Å². The van der Waals surface area contributed by atoms with Crippen molar-refractivity contribution in [2.24, 2.45) is 5.92 Å². The number of nitrogens with zero attached hydrogens (tertiary/aromatic N) is 2. The Kier molecular flexibility index (Phi) is 7.83. The van der Waals surface area contributed by atoms with E-state index >= 15 is 0 Å². The van der Waals surface area contributed by atoms with E-state index in [2.05, 4.69) is 193 Å². The molecule has 248 valence electrons. The molecule has 0 saturated heterocycles. The largest absolute Gasteiger partial charge is 0.309 e. The summed E-state index contributed by atoms with van der Waals surface area (Å²) in [6.07, 6.45) is 8.56. The molecule has 0 aliphatic carbocycles. The number of benzene rings is 7. The van der Waals surface area contributed by atoms with Crippen LogP contribution in [0, 0.1) is 18.3 Å². The summed E-state index contributed by atoms with van der Waals surface area (Å²) in [5.74, 6) is 3.28. The zero-order valence-electron chi connectivity index (χ0n) is 29.4. The maximum Gasteiger partial charge on any atom is 0.0541 e. The van der Waals surface area contributed by atoms with Crippen molar-refractivity contribution in [3.63, 3.8) is 0 Å². The second-order valence-corrected chi connectivity index (χ2v) is 14.1. The standard InChI is InChI=1S/C50H38N2/c1-4-12-38(31-34(2)3)37-21-27-42(28-22-37)52-48-18-11-9-16-44(48)46-33-40(24-30-50(46)52)39-23-29-49-45(32-39)43-15-8-10-17-47(43)51(49)41-25-19-36(20-26-41)35-13-6-5-7-14-35/h1,5-30,32-34H,31H2,2-3H3/b38-12+. The number of allylic oxidation sites excluding steroid dienone is 2. The number of rotatable bonds is 7. The van der Waals surface area contributed by atoms with E-state index in [1.54, 1.807) is 0 Å². The van der Waals surface area contributed by atoms with Crippen LogP contribution in [0.25, 0.3) is 82.8 Å². The van der Waals surface area contributed by atoms with Gasteiger partial charge in [-0.25, -0.2) is 0 Å². The van der Waals surface area contributed by atoms with E-state index in [0.717, 1.165) is 17.8 Å². The highest BCUT2D eigenvalue weighted by molar-refractivity contribution is 6.12. The van der Waals surface area contributed by atoms with Crippen molar-refractivity contribution in [1.29, 1.82) is 0 Å². The topological polar surface area (TPSA) is 9.86 Å². The Morgan fingerprint density at radius 3 is 1.46 bits per heavy atom. The van der Waals surface area contributed by atoms with E-state index in [4.69, 9.17) is 6.42 Å². The fourth-order valence-corrected chi connectivity index (χ4v) is 7.92. The lowest BCUT2D eigenvalue weighted by Gasteiger charge is -2.12. The highest BCUT2D eigenvalue weighted by Gasteiger charge is 2.16. The van der Waals surface area contributed by atoms with Gasteiger partial charge in [0.15, 0.2) is 0 Å². The third-order valence-electron chi connectivity index (χ3n) is 10.3. The molecule has 0 N–H and O–H groups in total. The Morgan fingerprint density at radius 1 is 0.500 bits per heavy atom. The van der Waals surface area contributed by atoms with Crippen LogP contribution in [-0.4, -0.2) is 9.13 Å². The lowest BCUT2D eigenvalue weighted by atomic mass is 9.96. The van der Waals surface area contributed by atoms with Gasteiger partial charge in [0.2, 0.25) is 0 Å². The third kappa shape index (κ3) is 5.39. The summed E-state index contributed by atoms with van der Waals surface area (Å²) < 4.78 is 4.77. The highest BCUT2D eigenvalue weighted by Crippen LogP contribution is 2.38. The lowest BCUT2D eigenvalue weighted by Crippen LogP contribution is -1.96. The summed E-state index contributed by atoms with van der Waals surface area (Å²) in [6.45, 7) is 4.46. The summed E-state index contributed by atoms with van der Waals surface area (Å²) in [5, 5.41) is 4.98. The normalized spacial score (nSPS) is 12.0. The van der Waals surface area contributed by atoms with Crippen LogP contribution in [0.3, 0.4) is 0 Å². The molecule has 52 heavy (non-hydrogen) atoms. The van der Waals surface area contributed by atoms with Gasteiger partial charge in [0, 0.05) is 32.9 Å². The van der Waals surface area contributed by atoms with Gasteiger partial charge in [-0.3, -0.25) is 0 Å². The van der Waals surface area contributed by atoms with Gasteiger partial charge >= 0.3 is 0 Å². The Labute approximate surface area is 304 Å². The summed E-state index contributed by atoms with van der Waals surface area (Å²) in [7, 11) is 0. The average Bonchev–Trinajstić information content (AvgIpc) is 3.70. The van der Waals surface area contributed by atoms with Crippen LogP contribution < -0.4 is 0 Å². The van der Waals surface area contributed by atoms with Crippen LogP contribution in [0.1, 0.15) is 25.8 Å². The van der Waals surface area contributed by atoms with Crippen LogP contribution in [0.15, 0.2) is 170 Å². The van der Waals surface area contributed by atoms with Crippen molar-refractivity contribution in [2.75, 3.05) is 0 Å². The molecule has 0 atom stereocenters.